The molecule has 0 heterocycles. The standard InChI is InChI=1S/C18H20FNO2S/c1-3-20(16-10-5-4-6-11-16)18(21)14(2)23(22)13-15-9-7-8-12-17(15)19/h4-12,14H,3,13H2,1-2H3/t14-,23-/m0/s1. The normalized spacial score (nSPS) is 13.3. The number of nitrogens with zero attached hydrogens (tertiary/aromatic N) is 1. The molecule has 0 fully saturated rings. The van der Waals surface area contributed by atoms with Gasteiger partial charge in [0.1, 0.15) is 11.1 Å². The lowest BCUT2D eigenvalue weighted by atomic mass is 10.2. The van der Waals surface area contributed by atoms with Crippen LogP contribution in [0.15, 0.2) is 54.6 Å². The van der Waals surface area contributed by atoms with Crippen LogP contribution in [0.4, 0.5) is 10.1 Å². The van der Waals surface area contributed by atoms with Gasteiger partial charge in [-0.1, -0.05) is 36.4 Å². The molecule has 0 radical (unpaired) electrons. The zero-order valence-electron chi connectivity index (χ0n) is 13.2. The number of halogens is 1. The Labute approximate surface area is 138 Å². The lowest BCUT2D eigenvalue weighted by Gasteiger charge is -2.24. The van der Waals surface area contributed by atoms with Gasteiger partial charge in [0.05, 0.1) is 5.75 Å². The maximum Gasteiger partial charge on any atom is 0.242 e. The lowest BCUT2D eigenvalue weighted by Crippen LogP contribution is -2.40. The second-order valence-electron chi connectivity index (χ2n) is 5.18. The Hall–Kier alpha value is -2.01. The highest BCUT2D eigenvalue weighted by Crippen LogP contribution is 2.18. The first-order chi connectivity index (χ1) is 11.0. The van der Waals surface area contributed by atoms with Crippen LogP contribution in [0.3, 0.4) is 0 Å². The fourth-order valence-corrected chi connectivity index (χ4v) is 3.44. The van der Waals surface area contributed by atoms with Gasteiger partial charge in [0.25, 0.3) is 0 Å². The Morgan fingerprint density at radius 3 is 2.35 bits per heavy atom. The summed E-state index contributed by atoms with van der Waals surface area (Å²) in [6.07, 6.45) is 0. The van der Waals surface area contributed by atoms with Crippen molar-refractivity contribution in [3.63, 3.8) is 0 Å². The Balaban J connectivity index is 2.12. The summed E-state index contributed by atoms with van der Waals surface area (Å²) in [5.74, 6) is -0.573. The van der Waals surface area contributed by atoms with Crippen molar-refractivity contribution in [3.8, 4) is 0 Å². The summed E-state index contributed by atoms with van der Waals surface area (Å²) in [7, 11) is -1.48. The summed E-state index contributed by atoms with van der Waals surface area (Å²) in [5.41, 5.74) is 1.14. The molecule has 0 unspecified atom stereocenters. The average Bonchev–Trinajstić information content (AvgIpc) is 2.57. The fourth-order valence-electron chi connectivity index (χ4n) is 2.30. The molecule has 122 valence electrons. The van der Waals surface area contributed by atoms with Crippen molar-refractivity contribution < 1.29 is 13.4 Å². The molecule has 2 rings (SSSR count). The Kier molecular flexibility index (Phi) is 6.04. The minimum absolute atomic E-state index is 0.0337. The van der Waals surface area contributed by atoms with Gasteiger partial charge in [-0.2, -0.15) is 0 Å². The van der Waals surface area contributed by atoms with Crippen LogP contribution in [0, 0.1) is 5.82 Å². The van der Waals surface area contributed by atoms with Crippen LogP contribution in [0.5, 0.6) is 0 Å². The van der Waals surface area contributed by atoms with E-state index >= 15 is 0 Å². The van der Waals surface area contributed by atoms with Crippen molar-refractivity contribution in [2.75, 3.05) is 11.4 Å². The van der Waals surface area contributed by atoms with Gasteiger partial charge in [0.2, 0.25) is 5.91 Å². The molecule has 2 atom stereocenters. The van der Waals surface area contributed by atoms with Crippen LogP contribution in [0.25, 0.3) is 0 Å². The molecule has 0 saturated heterocycles. The summed E-state index contributed by atoms with van der Waals surface area (Å²) in [6.45, 7) is 3.99. The second kappa shape index (κ2) is 8.02. The third-order valence-electron chi connectivity index (χ3n) is 3.65. The van der Waals surface area contributed by atoms with Crippen molar-refractivity contribution in [3.05, 3.63) is 66.0 Å². The van der Waals surface area contributed by atoms with E-state index in [9.17, 15) is 13.4 Å². The highest BCUT2D eigenvalue weighted by Gasteiger charge is 2.26. The van der Waals surface area contributed by atoms with Gasteiger partial charge < -0.3 is 4.90 Å². The summed E-state index contributed by atoms with van der Waals surface area (Å²) < 4.78 is 26.1. The predicted molar refractivity (Wildman–Crippen MR) is 92.2 cm³/mol. The van der Waals surface area contributed by atoms with Gasteiger partial charge in [-0.3, -0.25) is 9.00 Å². The SMILES string of the molecule is CCN(C(=O)[C@H](C)[S@@](=O)Cc1ccccc1F)c1ccccc1. The third kappa shape index (κ3) is 4.26. The van der Waals surface area contributed by atoms with E-state index in [0.29, 0.717) is 12.1 Å². The second-order valence-corrected chi connectivity index (χ2v) is 6.93. The topological polar surface area (TPSA) is 37.4 Å². The number of carbonyl (C=O) groups excluding carboxylic acids is 1. The smallest absolute Gasteiger partial charge is 0.242 e. The van der Waals surface area contributed by atoms with Gasteiger partial charge >= 0.3 is 0 Å². The molecule has 0 saturated carbocycles. The van der Waals surface area contributed by atoms with Crippen LogP contribution < -0.4 is 4.90 Å². The van der Waals surface area contributed by atoms with E-state index in [4.69, 9.17) is 0 Å². The maximum atomic E-state index is 13.7. The molecule has 2 aromatic carbocycles. The van der Waals surface area contributed by atoms with Gasteiger partial charge in [0.15, 0.2) is 0 Å². The molecule has 0 aliphatic rings. The number of anilines is 1. The first-order valence-electron chi connectivity index (χ1n) is 7.51. The summed E-state index contributed by atoms with van der Waals surface area (Å²) in [5, 5.41) is -0.699. The summed E-state index contributed by atoms with van der Waals surface area (Å²) >= 11 is 0. The number of benzene rings is 2. The minimum atomic E-state index is -1.48. The summed E-state index contributed by atoms with van der Waals surface area (Å²) in [4.78, 5) is 14.2. The fraction of sp³-hybridized carbons (Fsp3) is 0.278. The maximum absolute atomic E-state index is 13.7. The van der Waals surface area contributed by atoms with E-state index in [2.05, 4.69) is 0 Å². The van der Waals surface area contributed by atoms with Gasteiger partial charge in [0, 0.05) is 28.6 Å². The summed E-state index contributed by atoms with van der Waals surface area (Å²) in [6, 6.07) is 15.5. The van der Waals surface area contributed by atoms with Gasteiger partial charge in [-0.05, 0) is 32.0 Å². The molecule has 0 aromatic heterocycles. The molecule has 0 bridgehead atoms. The van der Waals surface area contributed by atoms with Crippen molar-refractivity contribution in [2.45, 2.75) is 24.9 Å². The Morgan fingerprint density at radius 2 is 1.74 bits per heavy atom. The van der Waals surface area contributed by atoms with Crippen LogP contribution in [-0.2, 0) is 21.3 Å². The van der Waals surface area contributed by atoms with Gasteiger partial charge in [-0.15, -0.1) is 0 Å². The number of rotatable bonds is 6. The van der Waals surface area contributed by atoms with Crippen LogP contribution >= 0.6 is 0 Å². The molecule has 3 nitrogen and oxygen atoms in total. The number of hydrogen-bond donors (Lipinski definition) is 0. The zero-order chi connectivity index (χ0) is 16.8. The molecule has 1 amide bonds. The van der Waals surface area contributed by atoms with Crippen molar-refractivity contribution in [1.82, 2.24) is 0 Å². The highest BCUT2D eigenvalue weighted by molar-refractivity contribution is 7.85. The van der Waals surface area contributed by atoms with Crippen LogP contribution in [0.1, 0.15) is 19.4 Å². The third-order valence-corrected chi connectivity index (χ3v) is 5.23. The molecule has 0 aliphatic heterocycles. The zero-order valence-corrected chi connectivity index (χ0v) is 14.1. The van der Waals surface area contributed by atoms with Crippen LogP contribution in [0.2, 0.25) is 0 Å². The van der Waals surface area contributed by atoms with E-state index in [1.807, 2.05) is 37.3 Å². The monoisotopic (exact) mass is 333 g/mol. The van der Waals surface area contributed by atoms with Gasteiger partial charge in [-0.25, -0.2) is 4.39 Å². The number of carbonyl (C=O) groups is 1. The Morgan fingerprint density at radius 1 is 1.13 bits per heavy atom. The van der Waals surface area contributed by atoms with Crippen molar-refractivity contribution in [1.29, 1.82) is 0 Å². The van der Waals surface area contributed by atoms with E-state index in [0.717, 1.165) is 5.69 Å². The molecule has 23 heavy (non-hydrogen) atoms. The van der Waals surface area contributed by atoms with Crippen molar-refractivity contribution in [2.24, 2.45) is 0 Å². The molecule has 0 N–H and O–H groups in total. The van der Waals surface area contributed by atoms with E-state index in [1.165, 1.54) is 6.07 Å². The lowest BCUT2D eigenvalue weighted by molar-refractivity contribution is -0.117. The molecule has 2 aromatic rings. The molecule has 0 aliphatic carbocycles. The molecular weight excluding hydrogens is 313 g/mol. The largest absolute Gasteiger partial charge is 0.312 e. The Bertz CT molecular complexity index is 690. The van der Waals surface area contributed by atoms with Crippen LogP contribution in [-0.4, -0.2) is 21.9 Å². The molecular formula is C18H20FNO2S. The quantitative estimate of drug-likeness (QED) is 0.811. The van der Waals surface area contributed by atoms with E-state index in [-0.39, 0.29) is 11.7 Å². The first-order valence-corrected chi connectivity index (χ1v) is 8.89. The number of para-hydroxylation sites is 1. The first kappa shape index (κ1) is 17.3. The predicted octanol–water partition coefficient (Wildman–Crippen LogP) is 3.52. The molecule has 5 heteroatoms. The van der Waals surface area contributed by atoms with E-state index < -0.39 is 21.9 Å². The molecule has 0 spiro atoms. The number of amides is 1. The van der Waals surface area contributed by atoms with E-state index in [1.54, 1.807) is 30.0 Å². The highest BCUT2D eigenvalue weighted by atomic mass is 32.2. The number of hydrogen-bond acceptors (Lipinski definition) is 2. The minimum Gasteiger partial charge on any atom is -0.312 e. The average molecular weight is 333 g/mol. The van der Waals surface area contributed by atoms with Crippen molar-refractivity contribution >= 4 is 22.4 Å².